The Labute approximate surface area is 61.1 Å². The maximum Gasteiger partial charge on any atom is 0.133 e. The number of carbonyl (C=O) groups is 1. The van der Waals surface area contributed by atoms with Crippen LogP contribution in [0.25, 0.3) is 0 Å². The van der Waals surface area contributed by atoms with Crippen molar-refractivity contribution >= 4 is 5.78 Å². The first-order chi connectivity index (χ1) is 4.70. The van der Waals surface area contributed by atoms with Gasteiger partial charge >= 0.3 is 0 Å². The third-order valence-corrected chi connectivity index (χ3v) is 1.94. The zero-order chi connectivity index (χ0) is 7.56. The first-order valence-corrected chi connectivity index (χ1v) is 3.63. The summed E-state index contributed by atoms with van der Waals surface area (Å²) in [6.07, 6.45) is 5.68. The molecule has 0 spiro atoms. The van der Waals surface area contributed by atoms with Crippen LogP contribution < -0.4 is 5.73 Å². The molecule has 10 heavy (non-hydrogen) atoms. The highest BCUT2D eigenvalue weighted by molar-refractivity contribution is 5.78. The SMILES string of the molecule is CC(=O)C1CC=CC(N)C1. The average Bonchev–Trinajstić information content (AvgIpc) is 1.88. The lowest BCUT2D eigenvalue weighted by molar-refractivity contribution is -0.121. The summed E-state index contributed by atoms with van der Waals surface area (Å²) in [4.78, 5) is 10.9. The number of allylic oxidation sites excluding steroid dienone is 1. The van der Waals surface area contributed by atoms with Crippen LogP contribution >= 0.6 is 0 Å². The predicted molar refractivity (Wildman–Crippen MR) is 40.5 cm³/mol. The molecule has 0 fully saturated rings. The van der Waals surface area contributed by atoms with Gasteiger partial charge in [0.25, 0.3) is 0 Å². The van der Waals surface area contributed by atoms with E-state index in [-0.39, 0.29) is 17.7 Å². The third kappa shape index (κ3) is 1.67. The summed E-state index contributed by atoms with van der Waals surface area (Å²) in [5, 5.41) is 0. The summed E-state index contributed by atoms with van der Waals surface area (Å²) in [6, 6.07) is 0.0997. The number of hydrogen-bond donors (Lipinski definition) is 1. The molecule has 2 nitrogen and oxygen atoms in total. The van der Waals surface area contributed by atoms with Gasteiger partial charge < -0.3 is 5.73 Å². The van der Waals surface area contributed by atoms with E-state index in [9.17, 15) is 4.79 Å². The van der Waals surface area contributed by atoms with Crippen LogP contribution in [0, 0.1) is 5.92 Å². The van der Waals surface area contributed by atoms with Gasteiger partial charge in [-0.25, -0.2) is 0 Å². The Kier molecular flexibility index (Phi) is 2.22. The van der Waals surface area contributed by atoms with Gasteiger partial charge in [0.05, 0.1) is 0 Å². The largest absolute Gasteiger partial charge is 0.324 e. The van der Waals surface area contributed by atoms with Gasteiger partial charge in [0.1, 0.15) is 5.78 Å². The minimum absolute atomic E-state index is 0.0997. The number of hydrogen-bond acceptors (Lipinski definition) is 2. The molecule has 56 valence electrons. The smallest absolute Gasteiger partial charge is 0.133 e. The van der Waals surface area contributed by atoms with Crippen molar-refractivity contribution in [2.45, 2.75) is 25.8 Å². The van der Waals surface area contributed by atoms with Gasteiger partial charge in [-0.1, -0.05) is 12.2 Å². The van der Waals surface area contributed by atoms with Gasteiger partial charge in [-0.3, -0.25) is 4.79 Å². The summed E-state index contributed by atoms with van der Waals surface area (Å²) < 4.78 is 0. The van der Waals surface area contributed by atoms with E-state index in [1.807, 2.05) is 12.2 Å². The van der Waals surface area contributed by atoms with Crippen LogP contribution in [-0.4, -0.2) is 11.8 Å². The van der Waals surface area contributed by atoms with E-state index in [2.05, 4.69) is 0 Å². The van der Waals surface area contributed by atoms with E-state index in [0.29, 0.717) is 0 Å². The fourth-order valence-electron chi connectivity index (χ4n) is 1.25. The van der Waals surface area contributed by atoms with E-state index in [1.54, 1.807) is 6.92 Å². The molecule has 1 aliphatic carbocycles. The molecule has 2 N–H and O–H groups in total. The van der Waals surface area contributed by atoms with Crippen LogP contribution in [0.3, 0.4) is 0 Å². The van der Waals surface area contributed by atoms with Crippen LogP contribution in [-0.2, 0) is 4.79 Å². The Balaban J connectivity index is 2.52. The fourth-order valence-corrected chi connectivity index (χ4v) is 1.25. The maximum absolute atomic E-state index is 10.9. The molecule has 0 heterocycles. The van der Waals surface area contributed by atoms with Gasteiger partial charge in [-0.15, -0.1) is 0 Å². The van der Waals surface area contributed by atoms with Crippen LogP contribution in [0.1, 0.15) is 19.8 Å². The minimum Gasteiger partial charge on any atom is -0.324 e. The van der Waals surface area contributed by atoms with Gasteiger partial charge in [0, 0.05) is 12.0 Å². The molecule has 0 amide bonds. The van der Waals surface area contributed by atoms with Crippen molar-refractivity contribution in [2.24, 2.45) is 11.7 Å². The molecule has 2 unspecified atom stereocenters. The maximum atomic E-state index is 10.9. The highest BCUT2D eigenvalue weighted by Gasteiger charge is 2.18. The van der Waals surface area contributed by atoms with Crippen molar-refractivity contribution in [3.05, 3.63) is 12.2 Å². The van der Waals surface area contributed by atoms with Crippen LogP contribution in [0.5, 0.6) is 0 Å². The predicted octanol–water partition coefficient (Wildman–Crippen LogP) is 0.869. The second kappa shape index (κ2) is 2.97. The molecule has 0 aromatic carbocycles. The third-order valence-electron chi connectivity index (χ3n) is 1.94. The molecule has 0 aromatic heterocycles. The molecule has 0 saturated carbocycles. The second-order valence-electron chi connectivity index (χ2n) is 2.87. The van der Waals surface area contributed by atoms with Crippen molar-refractivity contribution in [1.82, 2.24) is 0 Å². The minimum atomic E-state index is 0.0997. The Hall–Kier alpha value is -0.630. The van der Waals surface area contributed by atoms with Crippen LogP contribution in [0.4, 0.5) is 0 Å². The molecule has 0 radical (unpaired) electrons. The number of ketones is 1. The topological polar surface area (TPSA) is 43.1 Å². The summed E-state index contributed by atoms with van der Waals surface area (Å²) >= 11 is 0. The Morgan fingerprint density at radius 2 is 2.40 bits per heavy atom. The fraction of sp³-hybridized carbons (Fsp3) is 0.625. The summed E-state index contributed by atoms with van der Waals surface area (Å²) in [5.41, 5.74) is 5.62. The van der Waals surface area contributed by atoms with Crippen molar-refractivity contribution in [3.8, 4) is 0 Å². The molecule has 2 heteroatoms. The molecule has 0 bridgehead atoms. The second-order valence-corrected chi connectivity index (χ2v) is 2.87. The molecular formula is C8H13NO. The van der Waals surface area contributed by atoms with Gasteiger partial charge in [0.2, 0.25) is 0 Å². The molecular weight excluding hydrogens is 126 g/mol. The van der Waals surface area contributed by atoms with Crippen molar-refractivity contribution in [2.75, 3.05) is 0 Å². The van der Waals surface area contributed by atoms with Gasteiger partial charge in [0.15, 0.2) is 0 Å². The zero-order valence-electron chi connectivity index (χ0n) is 6.21. The highest BCUT2D eigenvalue weighted by Crippen LogP contribution is 2.17. The quantitative estimate of drug-likeness (QED) is 0.548. The van der Waals surface area contributed by atoms with Crippen molar-refractivity contribution < 1.29 is 4.79 Å². The molecule has 0 aromatic rings. The van der Waals surface area contributed by atoms with Crippen LogP contribution in [0.15, 0.2) is 12.2 Å². The summed E-state index contributed by atoms with van der Waals surface area (Å²) in [6.45, 7) is 1.64. The van der Waals surface area contributed by atoms with Crippen molar-refractivity contribution in [1.29, 1.82) is 0 Å². The highest BCUT2D eigenvalue weighted by atomic mass is 16.1. The number of rotatable bonds is 1. The normalized spacial score (nSPS) is 32.2. The zero-order valence-corrected chi connectivity index (χ0v) is 6.21. The Bertz CT molecular complexity index is 163. The number of Topliss-reactive ketones (excluding diaryl/α,β-unsaturated/α-hetero) is 1. The van der Waals surface area contributed by atoms with Crippen molar-refractivity contribution in [3.63, 3.8) is 0 Å². The molecule has 0 saturated heterocycles. The number of nitrogens with two attached hydrogens (primary N) is 1. The van der Waals surface area contributed by atoms with E-state index < -0.39 is 0 Å². The standard InChI is InChI=1S/C8H13NO/c1-6(10)7-3-2-4-8(9)5-7/h2,4,7-8H,3,5,9H2,1H3. The van der Waals surface area contributed by atoms with E-state index in [4.69, 9.17) is 5.73 Å². The lowest BCUT2D eigenvalue weighted by Gasteiger charge is -2.18. The lowest BCUT2D eigenvalue weighted by Crippen LogP contribution is -2.27. The summed E-state index contributed by atoms with van der Waals surface area (Å²) in [5.74, 6) is 0.444. The van der Waals surface area contributed by atoms with E-state index in [1.165, 1.54) is 0 Å². The van der Waals surface area contributed by atoms with E-state index >= 15 is 0 Å². The average molecular weight is 139 g/mol. The van der Waals surface area contributed by atoms with Crippen LogP contribution in [0.2, 0.25) is 0 Å². The lowest BCUT2D eigenvalue weighted by atomic mass is 9.89. The first kappa shape index (κ1) is 7.48. The van der Waals surface area contributed by atoms with Gasteiger partial charge in [-0.2, -0.15) is 0 Å². The molecule has 2 atom stereocenters. The molecule has 1 aliphatic rings. The first-order valence-electron chi connectivity index (χ1n) is 3.63. The Morgan fingerprint density at radius 3 is 2.80 bits per heavy atom. The van der Waals surface area contributed by atoms with Gasteiger partial charge in [-0.05, 0) is 19.8 Å². The molecule has 0 aliphatic heterocycles. The monoisotopic (exact) mass is 139 g/mol. The number of carbonyl (C=O) groups excluding carboxylic acids is 1. The molecule has 1 rings (SSSR count). The Morgan fingerprint density at radius 1 is 1.70 bits per heavy atom. The van der Waals surface area contributed by atoms with E-state index in [0.717, 1.165) is 12.8 Å². The summed E-state index contributed by atoms with van der Waals surface area (Å²) in [7, 11) is 0.